The second-order valence-electron chi connectivity index (χ2n) is 5.77. The smallest absolute Gasteiger partial charge is 0.456 e. The lowest BCUT2D eigenvalue weighted by atomic mass is 9.99. The molecule has 2 aliphatic rings. The van der Waals surface area contributed by atoms with Crippen LogP contribution in [0.4, 0.5) is 4.79 Å². The molecule has 2 fully saturated rings. The summed E-state index contributed by atoms with van der Waals surface area (Å²) in [5.74, 6) is -0.515. The standard InChI is InChI=1S/C17H20O8/c1-10(18)22-13-12(9-21-8-11-6-4-3-5-7-11)23-16(20-2)15-14(13)24-17(19)25-15/h3-7,12-16H,8-9H2,1-2H3/t12-,13-,14+,15-,16-/m1/s1. The van der Waals surface area contributed by atoms with E-state index >= 15 is 0 Å². The maximum atomic E-state index is 11.5. The number of hydrogen-bond donors (Lipinski definition) is 0. The summed E-state index contributed by atoms with van der Waals surface area (Å²) in [7, 11) is 1.43. The lowest BCUT2D eigenvalue weighted by molar-refractivity contribution is -0.276. The van der Waals surface area contributed by atoms with Crippen LogP contribution in [0.3, 0.4) is 0 Å². The van der Waals surface area contributed by atoms with Crippen molar-refractivity contribution >= 4 is 12.1 Å². The van der Waals surface area contributed by atoms with Crippen LogP contribution in [0.25, 0.3) is 0 Å². The number of esters is 1. The van der Waals surface area contributed by atoms with Crippen molar-refractivity contribution in [3.05, 3.63) is 35.9 Å². The van der Waals surface area contributed by atoms with Gasteiger partial charge in [0.05, 0.1) is 13.2 Å². The number of ether oxygens (including phenoxy) is 6. The van der Waals surface area contributed by atoms with E-state index in [2.05, 4.69) is 0 Å². The van der Waals surface area contributed by atoms with E-state index in [-0.39, 0.29) is 6.61 Å². The van der Waals surface area contributed by atoms with Gasteiger partial charge in [0.2, 0.25) is 0 Å². The fourth-order valence-corrected chi connectivity index (χ4v) is 2.91. The van der Waals surface area contributed by atoms with E-state index in [1.54, 1.807) is 0 Å². The van der Waals surface area contributed by atoms with Crippen LogP contribution < -0.4 is 0 Å². The topological polar surface area (TPSA) is 89.5 Å². The van der Waals surface area contributed by atoms with Crippen LogP contribution in [-0.4, -0.2) is 56.5 Å². The molecule has 3 rings (SSSR count). The van der Waals surface area contributed by atoms with E-state index in [1.165, 1.54) is 14.0 Å². The highest BCUT2D eigenvalue weighted by molar-refractivity contribution is 5.67. The molecule has 2 aliphatic heterocycles. The minimum atomic E-state index is -0.844. The summed E-state index contributed by atoms with van der Waals surface area (Å²) in [6.45, 7) is 1.78. The minimum absolute atomic E-state index is 0.132. The molecule has 0 unspecified atom stereocenters. The molecule has 25 heavy (non-hydrogen) atoms. The Labute approximate surface area is 144 Å². The van der Waals surface area contributed by atoms with Crippen molar-refractivity contribution in [1.82, 2.24) is 0 Å². The van der Waals surface area contributed by atoms with Crippen LogP contribution in [0.5, 0.6) is 0 Å². The van der Waals surface area contributed by atoms with Gasteiger partial charge in [0.25, 0.3) is 0 Å². The third kappa shape index (κ3) is 4.09. The highest BCUT2D eigenvalue weighted by Gasteiger charge is 2.56. The van der Waals surface area contributed by atoms with E-state index in [0.29, 0.717) is 6.61 Å². The molecule has 0 aromatic heterocycles. The van der Waals surface area contributed by atoms with Crippen molar-refractivity contribution in [2.24, 2.45) is 0 Å². The van der Waals surface area contributed by atoms with Gasteiger partial charge in [0.1, 0.15) is 6.10 Å². The zero-order valence-electron chi connectivity index (χ0n) is 14.0. The first kappa shape index (κ1) is 17.7. The molecule has 0 amide bonds. The second-order valence-corrected chi connectivity index (χ2v) is 5.77. The quantitative estimate of drug-likeness (QED) is 0.710. The van der Waals surface area contributed by atoms with E-state index in [1.807, 2.05) is 30.3 Å². The predicted octanol–water partition coefficient (Wildman–Crippen LogP) is 1.41. The Bertz CT molecular complexity index is 604. The first-order valence-corrected chi connectivity index (χ1v) is 7.93. The molecule has 5 atom stereocenters. The van der Waals surface area contributed by atoms with Crippen molar-refractivity contribution in [3.8, 4) is 0 Å². The van der Waals surface area contributed by atoms with Gasteiger partial charge in [-0.1, -0.05) is 30.3 Å². The van der Waals surface area contributed by atoms with E-state index in [0.717, 1.165) is 5.56 Å². The number of carbonyl (C=O) groups is 2. The van der Waals surface area contributed by atoms with E-state index in [4.69, 9.17) is 28.4 Å². The van der Waals surface area contributed by atoms with Gasteiger partial charge >= 0.3 is 12.1 Å². The summed E-state index contributed by atoms with van der Waals surface area (Å²) in [5, 5.41) is 0. The third-order valence-corrected chi connectivity index (χ3v) is 3.98. The molecule has 0 aliphatic carbocycles. The van der Waals surface area contributed by atoms with Gasteiger partial charge < -0.3 is 28.4 Å². The summed E-state index contributed by atoms with van der Waals surface area (Å²) in [6.07, 6.45) is -4.77. The Morgan fingerprint density at radius 2 is 1.88 bits per heavy atom. The van der Waals surface area contributed by atoms with Gasteiger partial charge in [-0.15, -0.1) is 0 Å². The van der Waals surface area contributed by atoms with Crippen molar-refractivity contribution < 1.29 is 38.0 Å². The van der Waals surface area contributed by atoms with Crippen molar-refractivity contribution in [1.29, 1.82) is 0 Å². The average molecular weight is 352 g/mol. The molecule has 0 radical (unpaired) electrons. The van der Waals surface area contributed by atoms with Crippen LogP contribution in [0.15, 0.2) is 30.3 Å². The second kappa shape index (κ2) is 7.81. The average Bonchev–Trinajstić information content (AvgIpc) is 2.98. The lowest BCUT2D eigenvalue weighted by Crippen LogP contribution is -2.59. The molecule has 1 aromatic rings. The number of rotatable bonds is 6. The molecule has 0 N–H and O–H groups in total. The molecule has 8 nitrogen and oxygen atoms in total. The molecule has 2 saturated heterocycles. The monoisotopic (exact) mass is 352 g/mol. The van der Waals surface area contributed by atoms with Crippen LogP contribution in [0.1, 0.15) is 12.5 Å². The largest absolute Gasteiger partial charge is 0.509 e. The molecular weight excluding hydrogens is 332 g/mol. The van der Waals surface area contributed by atoms with E-state index in [9.17, 15) is 9.59 Å². The number of carbonyl (C=O) groups excluding carboxylic acids is 2. The zero-order valence-corrected chi connectivity index (χ0v) is 14.0. The number of hydrogen-bond acceptors (Lipinski definition) is 8. The van der Waals surface area contributed by atoms with E-state index < -0.39 is 42.8 Å². The van der Waals surface area contributed by atoms with Gasteiger partial charge in [-0.3, -0.25) is 4.79 Å². The van der Waals surface area contributed by atoms with Gasteiger partial charge in [0.15, 0.2) is 24.6 Å². The lowest BCUT2D eigenvalue weighted by Gasteiger charge is -2.39. The first-order chi connectivity index (χ1) is 12.1. The fraction of sp³-hybridized carbons (Fsp3) is 0.529. The normalized spacial score (nSPS) is 31.0. The SMILES string of the molecule is CO[C@@H]1O[C@H](COCc2ccccc2)[C@@H](OC(C)=O)[C@@H]2OC(=O)O[C@@H]12. The Kier molecular flexibility index (Phi) is 5.52. The van der Waals surface area contributed by atoms with Crippen LogP contribution in [0.2, 0.25) is 0 Å². The van der Waals surface area contributed by atoms with Crippen molar-refractivity contribution in [3.63, 3.8) is 0 Å². The molecule has 136 valence electrons. The minimum Gasteiger partial charge on any atom is -0.456 e. The zero-order chi connectivity index (χ0) is 17.8. The number of benzene rings is 1. The molecule has 0 spiro atoms. The van der Waals surface area contributed by atoms with Crippen molar-refractivity contribution in [2.45, 2.75) is 44.2 Å². The van der Waals surface area contributed by atoms with Gasteiger partial charge in [0, 0.05) is 14.0 Å². The number of fused-ring (bicyclic) bond motifs is 1. The van der Waals surface area contributed by atoms with Crippen LogP contribution >= 0.6 is 0 Å². The van der Waals surface area contributed by atoms with Crippen molar-refractivity contribution in [2.75, 3.05) is 13.7 Å². The first-order valence-electron chi connectivity index (χ1n) is 7.93. The molecular formula is C17H20O8. The van der Waals surface area contributed by atoms with Gasteiger partial charge in [-0.05, 0) is 5.56 Å². The highest BCUT2D eigenvalue weighted by Crippen LogP contribution is 2.33. The predicted molar refractivity (Wildman–Crippen MR) is 82.5 cm³/mol. The third-order valence-electron chi connectivity index (χ3n) is 3.98. The maximum Gasteiger partial charge on any atom is 0.509 e. The summed E-state index contributed by atoms with van der Waals surface area (Å²) in [4.78, 5) is 22.9. The highest BCUT2D eigenvalue weighted by atomic mass is 16.8. The Balaban J connectivity index is 1.68. The summed E-state index contributed by atoms with van der Waals surface area (Å²) < 4.78 is 32.2. The summed E-state index contributed by atoms with van der Waals surface area (Å²) >= 11 is 0. The molecule has 1 aromatic carbocycles. The molecule has 0 saturated carbocycles. The van der Waals surface area contributed by atoms with Gasteiger partial charge in [-0.2, -0.15) is 0 Å². The summed E-state index contributed by atoms with van der Waals surface area (Å²) in [5.41, 5.74) is 0.999. The Morgan fingerprint density at radius 1 is 1.16 bits per heavy atom. The van der Waals surface area contributed by atoms with Crippen LogP contribution in [0, 0.1) is 0 Å². The summed E-state index contributed by atoms with van der Waals surface area (Å²) in [6, 6.07) is 9.62. The maximum absolute atomic E-state index is 11.5. The van der Waals surface area contributed by atoms with Gasteiger partial charge in [-0.25, -0.2) is 4.79 Å². The van der Waals surface area contributed by atoms with Crippen LogP contribution in [-0.2, 0) is 39.8 Å². The fourth-order valence-electron chi connectivity index (χ4n) is 2.91. The Morgan fingerprint density at radius 3 is 2.56 bits per heavy atom. The molecule has 2 heterocycles. The molecule has 8 heteroatoms. The Hall–Kier alpha value is -2.16. The number of methoxy groups -OCH3 is 1. The molecule has 0 bridgehead atoms.